The van der Waals surface area contributed by atoms with Crippen LogP contribution in [0.1, 0.15) is 44.4 Å². The van der Waals surface area contributed by atoms with E-state index in [0.29, 0.717) is 39.6 Å². The van der Waals surface area contributed by atoms with Crippen molar-refractivity contribution in [2.45, 2.75) is 33.2 Å². The van der Waals surface area contributed by atoms with E-state index in [1.54, 1.807) is 24.5 Å². The van der Waals surface area contributed by atoms with Gasteiger partial charge in [0.2, 0.25) is 0 Å². The van der Waals surface area contributed by atoms with Crippen LogP contribution < -0.4 is 24.4 Å². The minimum atomic E-state index is -0.671. The van der Waals surface area contributed by atoms with E-state index in [2.05, 4.69) is 18.5 Å². The second-order valence-electron chi connectivity index (χ2n) is 8.39. The molecule has 192 valence electrons. The summed E-state index contributed by atoms with van der Waals surface area (Å²) in [5.41, 5.74) is 2.28. The van der Waals surface area contributed by atoms with Crippen molar-refractivity contribution in [1.82, 2.24) is 4.57 Å². The Hall–Kier alpha value is -3.91. The molecule has 0 saturated heterocycles. The van der Waals surface area contributed by atoms with Gasteiger partial charge >= 0.3 is 5.97 Å². The lowest BCUT2D eigenvalue weighted by Crippen LogP contribution is -2.39. The lowest BCUT2D eigenvalue weighted by molar-refractivity contribution is -0.139. The summed E-state index contributed by atoms with van der Waals surface area (Å²) in [6.07, 6.45) is 4.43. The van der Waals surface area contributed by atoms with Crippen molar-refractivity contribution in [3.05, 3.63) is 103 Å². The van der Waals surface area contributed by atoms with Crippen LogP contribution in [0.2, 0.25) is 0 Å². The molecule has 1 aliphatic heterocycles. The number of thiazole rings is 1. The molecule has 37 heavy (non-hydrogen) atoms. The Morgan fingerprint density at radius 2 is 1.76 bits per heavy atom. The van der Waals surface area contributed by atoms with Gasteiger partial charge in [-0.25, -0.2) is 9.79 Å². The molecule has 8 heteroatoms. The third-order valence-corrected chi connectivity index (χ3v) is 6.71. The predicted molar refractivity (Wildman–Crippen MR) is 145 cm³/mol. The third-order valence-electron chi connectivity index (χ3n) is 5.73. The lowest BCUT2D eigenvalue weighted by atomic mass is 9.96. The summed E-state index contributed by atoms with van der Waals surface area (Å²) >= 11 is 1.29. The number of allylic oxidation sites excluding steroid dienone is 1. The number of carbonyl (C=O) groups excluding carboxylic acids is 1. The molecule has 3 aromatic rings. The fraction of sp³-hybridized carbons (Fsp3) is 0.276. The normalized spacial score (nSPS) is 15.1. The van der Waals surface area contributed by atoms with Gasteiger partial charge in [-0.3, -0.25) is 9.36 Å². The number of benzene rings is 2. The second kappa shape index (κ2) is 11.9. The number of aromatic nitrogens is 1. The topological polar surface area (TPSA) is 79.1 Å². The molecule has 0 N–H and O–H groups in total. The highest BCUT2D eigenvalue weighted by molar-refractivity contribution is 7.07. The molecular formula is C29H30N2O5S. The molecule has 2 aromatic carbocycles. The SMILES string of the molecule is C=CCOc1ccc(C2C(C(=O)OCC)=C(C)N=c3s/c(=C\c4ccc(OCCC)cc4)c(=O)n32)cc1. The molecule has 0 radical (unpaired) electrons. The van der Waals surface area contributed by atoms with Gasteiger partial charge in [0, 0.05) is 0 Å². The number of ether oxygens (including phenoxy) is 3. The van der Waals surface area contributed by atoms with E-state index in [4.69, 9.17) is 14.2 Å². The zero-order valence-corrected chi connectivity index (χ0v) is 22.0. The van der Waals surface area contributed by atoms with E-state index in [-0.39, 0.29) is 12.2 Å². The minimum Gasteiger partial charge on any atom is -0.494 e. The van der Waals surface area contributed by atoms with E-state index < -0.39 is 12.0 Å². The highest BCUT2D eigenvalue weighted by Crippen LogP contribution is 2.31. The van der Waals surface area contributed by atoms with Crippen LogP contribution in [0.15, 0.2) is 82.2 Å². The first-order chi connectivity index (χ1) is 18.0. The summed E-state index contributed by atoms with van der Waals surface area (Å²) in [7, 11) is 0. The van der Waals surface area contributed by atoms with Gasteiger partial charge in [-0.2, -0.15) is 0 Å². The van der Waals surface area contributed by atoms with Crippen LogP contribution in [0.4, 0.5) is 0 Å². The summed E-state index contributed by atoms with van der Waals surface area (Å²) in [6, 6.07) is 14.3. The Morgan fingerprint density at radius 1 is 1.08 bits per heavy atom. The van der Waals surface area contributed by atoms with Crippen molar-refractivity contribution in [2.75, 3.05) is 19.8 Å². The van der Waals surface area contributed by atoms with Crippen LogP contribution in [0.25, 0.3) is 6.08 Å². The van der Waals surface area contributed by atoms with Gasteiger partial charge in [-0.15, -0.1) is 0 Å². The zero-order valence-electron chi connectivity index (χ0n) is 21.2. The van der Waals surface area contributed by atoms with Gasteiger partial charge in [-0.1, -0.05) is 55.2 Å². The maximum atomic E-state index is 13.7. The molecule has 1 aromatic heterocycles. The van der Waals surface area contributed by atoms with Crippen LogP contribution in [0.3, 0.4) is 0 Å². The molecule has 0 fully saturated rings. The lowest BCUT2D eigenvalue weighted by Gasteiger charge is -2.24. The Kier molecular flexibility index (Phi) is 8.40. The first-order valence-electron chi connectivity index (χ1n) is 12.2. The number of fused-ring (bicyclic) bond motifs is 1. The van der Waals surface area contributed by atoms with E-state index in [1.807, 2.05) is 54.6 Å². The molecule has 0 spiro atoms. The average Bonchev–Trinajstić information content (AvgIpc) is 3.20. The van der Waals surface area contributed by atoms with Crippen LogP contribution in [0.5, 0.6) is 11.5 Å². The van der Waals surface area contributed by atoms with Gasteiger partial charge in [0.05, 0.1) is 35.1 Å². The molecule has 2 heterocycles. The monoisotopic (exact) mass is 518 g/mol. The molecule has 7 nitrogen and oxygen atoms in total. The number of hydrogen-bond acceptors (Lipinski definition) is 7. The van der Waals surface area contributed by atoms with Crippen molar-refractivity contribution in [2.24, 2.45) is 4.99 Å². The first kappa shape index (κ1) is 26.2. The summed E-state index contributed by atoms with van der Waals surface area (Å²) in [5.74, 6) is 0.967. The summed E-state index contributed by atoms with van der Waals surface area (Å²) in [4.78, 5) is 31.9. The highest BCUT2D eigenvalue weighted by atomic mass is 32.1. The summed E-state index contributed by atoms with van der Waals surface area (Å²) in [6.45, 7) is 10.5. The second-order valence-corrected chi connectivity index (χ2v) is 9.40. The first-order valence-corrected chi connectivity index (χ1v) is 13.0. The van der Waals surface area contributed by atoms with Crippen molar-refractivity contribution >= 4 is 23.4 Å². The quantitative estimate of drug-likeness (QED) is 0.298. The van der Waals surface area contributed by atoms with E-state index in [9.17, 15) is 9.59 Å². The van der Waals surface area contributed by atoms with Crippen LogP contribution in [0, 0.1) is 0 Å². The van der Waals surface area contributed by atoms with Gasteiger partial charge in [0.1, 0.15) is 18.1 Å². The zero-order chi connectivity index (χ0) is 26.4. The van der Waals surface area contributed by atoms with Crippen LogP contribution >= 0.6 is 11.3 Å². The number of carbonyl (C=O) groups is 1. The van der Waals surface area contributed by atoms with Gasteiger partial charge in [0.25, 0.3) is 5.56 Å². The Labute approximate surface area is 219 Å². The van der Waals surface area contributed by atoms with E-state index >= 15 is 0 Å². The van der Waals surface area contributed by atoms with Gasteiger partial charge in [0.15, 0.2) is 4.80 Å². The number of esters is 1. The largest absolute Gasteiger partial charge is 0.494 e. The predicted octanol–water partition coefficient (Wildman–Crippen LogP) is 4.15. The third kappa shape index (κ3) is 5.75. The van der Waals surface area contributed by atoms with Crippen LogP contribution in [-0.4, -0.2) is 30.4 Å². The van der Waals surface area contributed by atoms with Gasteiger partial charge in [-0.05, 0) is 61.7 Å². The molecule has 1 aliphatic rings. The standard InChI is InChI=1S/C29H30N2O5S/c1-5-16-35-22-12-8-20(9-13-22)18-24-27(32)31-26(21-10-14-23(15-11-21)36-17-6-2)25(28(33)34-7-3)19(4)30-29(31)37-24/h6,8-15,18,26H,2,5,7,16-17H2,1,3-4H3/b24-18-. The van der Waals surface area contributed by atoms with Gasteiger partial charge < -0.3 is 14.2 Å². The minimum absolute atomic E-state index is 0.221. The number of nitrogens with zero attached hydrogens (tertiary/aromatic N) is 2. The molecule has 1 unspecified atom stereocenters. The number of hydrogen-bond donors (Lipinski definition) is 0. The van der Waals surface area contributed by atoms with E-state index in [0.717, 1.165) is 23.3 Å². The molecule has 0 saturated carbocycles. The molecular weight excluding hydrogens is 488 g/mol. The Balaban J connectivity index is 1.80. The van der Waals surface area contributed by atoms with Crippen LogP contribution in [-0.2, 0) is 9.53 Å². The maximum absolute atomic E-state index is 13.7. The molecule has 0 aliphatic carbocycles. The fourth-order valence-corrected chi connectivity index (χ4v) is 5.09. The summed E-state index contributed by atoms with van der Waals surface area (Å²) < 4.78 is 18.7. The van der Waals surface area contributed by atoms with Crippen molar-refractivity contribution in [3.63, 3.8) is 0 Å². The smallest absolute Gasteiger partial charge is 0.338 e. The molecule has 4 rings (SSSR count). The van der Waals surface area contributed by atoms with Crippen molar-refractivity contribution in [3.8, 4) is 11.5 Å². The van der Waals surface area contributed by atoms with E-state index in [1.165, 1.54) is 11.3 Å². The molecule has 1 atom stereocenters. The molecule has 0 amide bonds. The average molecular weight is 519 g/mol. The number of rotatable bonds is 10. The summed E-state index contributed by atoms with van der Waals surface area (Å²) in [5, 5.41) is 0. The van der Waals surface area contributed by atoms with Crippen molar-refractivity contribution < 1.29 is 19.0 Å². The highest BCUT2D eigenvalue weighted by Gasteiger charge is 2.33. The molecule has 0 bridgehead atoms. The fourth-order valence-electron chi connectivity index (χ4n) is 4.04. The van der Waals surface area contributed by atoms with Crippen molar-refractivity contribution in [1.29, 1.82) is 0 Å². The Bertz CT molecular complexity index is 1480. The Morgan fingerprint density at radius 3 is 2.41 bits per heavy atom. The maximum Gasteiger partial charge on any atom is 0.338 e.